The van der Waals surface area contributed by atoms with Gasteiger partial charge in [0.1, 0.15) is 5.75 Å². The van der Waals surface area contributed by atoms with Gasteiger partial charge in [-0.05, 0) is 85.5 Å². The lowest BCUT2D eigenvalue weighted by atomic mass is 10.1. The number of sulfone groups is 1. The topological polar surface area (TPSA) is 75.7 Å². The van der Waals surface area contributed by atoms with Crippen LogP contribution in [0.15, 0.2) is 59.5 Å². The van der Waals surface area contributed by atoms with Gasteiger partial charge in [-0.25, -0.2) is 8.42 Å². The summed E-state index contributed by atoms with van der Waals surface area (Å²) in [4.78, 5) is 14.3. The van der Waals surface area contributed by atoms with Gasteiger partial charge in [0.15, 0.2) is 15.9 Å². The van der Waals surface area contributed by atoms with Gasteiger partial charge in [0.05, 0.1) is 10.5 Å². The van der Waals surface area contributed by atoms with Crippen molar-refractivity contribution in [3.8, 4) is 5.75 Å². The van der Waals surface area contributed by atoms with E-state index >= 15 is 0 Å². The SMILES string of the molecule is C[C@H](Oc1ccc(S(C)(=O)=O)cc1C(=O)N1CCc2cc(Cl)ccc21)C(F)(F)F.Clc1ccc2c(c1)CCN2. The van der Waals surface area contributed by atoms with Gasteiger partial charge in [0.25, 0.3) is 5.91 Å². The van der Waals surface area contributed by atoms with E-state index in [1.807, 2.05) is 18.2 Å². The van der Waals surface area contributed by atoms with Crippen LogP contribution in [0.5, 0.6) is 5.75 Å². The molecule has 0 saturated carbocycles. The van der Waals surface area contributed by atoms with Crippen LogP contribution in [0.4, 0.5) is 24.5 Å². The van der Waals surface area contributed by atoms with E-state index in [1.165, 1.54) is 16.2 Å². The number of ether oxygens (including phenoxy) is 1. The predicted molar refractivity (Wildman–Crippen MR) is 146 cm³/mol. The molecule has 1 amide bonds. The van der Waals surface area contributed by atoms with Crippen LogP contribution < -0.4 is 15.0 Å². The minimum Gasteiger partial charge on any atom is -0.480 e. The molecule has 0 unspecified atom stereocenters. The summed E-state index contributed by atoms with van der Waals surface area (Å²) in [5.41, 5.74) is 3.71. The fourth-order valence-electron chi connectivity index (χ4n) is 4.27. The highest BCUT2D eigenvalue weighted by Gasteiger charge is 2.39. The second kappa shape index (κ2) is 11.3. The van der Waals surface area contributed by atoms with Crippen LogP contribution in [-0.4, -0.2) is 46.0 Å². The summed E-state index contributed by atoms with van der Waals surface area (Å²) < 4.78 is 67.6. The molecule has 5 rings (SSSR count). The third kappa shape index (κ3) is 6.80. The van der Waals surface area contributed by atoms with Crippen molar-refractivity contribution in [2.45, 2.75) is 36.9 Å². The van der Waals surface area contributed by atoms with Crippen LogP contribution in [0.2, 0.25) is 10.0 Å². The molecular formula is C27H25Cl2F3N2O4S. The molecule has 6 nitrogen and oxygen atoms in total. The maximum atomic E-state index is 13.2. The standard InChI is InChI=1S/C19H17ClF3NO4S.C8H8ClN/c1-11(19(21,22)23)28-17-6-4-14(29(2,26)27)10-15(17)18(25)24-8-7-12-9-13(20)3-5-16(12)24;9-7-1-2-8-6(5-7)3-4-10-8/h3-6,9-11H,7-8H2,1-2H3;1-2,5,10H,3-4H2/t11-;/m0./s1. The molecular weight excluding hydrogens is 576 g/mol. The zero-order chi connectivity index (χ0) is 28.5. The average Bonchev–Trinajstić information content (AvgIpc) is 3.49. The Morgan fingerprint density at radius 3 is 2.33 bits per heavy atom. The first kappa shape index (κ1) is 29.0. The number of halogens is 5. The molecule has 0 aliphatic carbocycles. The molecule has 3 aromatic rings. The fourth-order valence-corrected chi connectivity index (χ4v) is 5.30. The van der Waals surface area contributed by atoms with E-state index in [0.29, 0.717) is 17.1 Å². The Morgan fingerprint density at radius 1 is 1.00 bits per heavy atom. The number of rotatable bonds is 4. The summed E-state index contributed by atoms with van der Waals surface area (Å²) >= 11 is 11.8. The van der Waals surface area contributed by atoms with Crippen molar-refractivity contribution in [3.63, 3.8) is 0 Å². The fraction of sp³-hybridized carbons (Fsp3) is 0.296. The van der Waals surface area contributed by atoms with Crippen LogP contribution >= 0.6 is 23.2 Å². The Labute approximate surface area is 234 Å². The number of amides is 1. The number of fused-ring (bicyclic) bond motifs is 2. The van der Waals surface area contributed by atoms with Gasteiger partial charge in [-0.3, -0.25) is 4.79 Å². The minimum absolute atomic E-state index is 0.191. The number of anilines is 2. The van der Waals surface area contributed by atoms with Gasteiger partial charge in [-0.1, -0.05) is 23.2 Å². The van der Waals surface area contributed by atoms with E-state index in [2.05, 4.69) is 5.32 Å². The minimum atomic E-state index is -4.65. The largest absolute Gasteiger partial charge is 0.480 e. The number of hydrogen-bond donors (Lipinski definition) is 1. The monoisotopic (exact) mass is 600 g/mol. The Kier molecular flexibility index (Phi) is 8.39. The second-order valence-electron chi connectivity index (χ2n) is 9.19. The van der Waals surface area contributed by atoms with Gasteiger partial charge >= 0.3 is 6.18 Å². The summed E-state index contributed by atoms with van der Waals surface area (Å²) in [6, 6.07) is 14.2. The molecule has 3 aromatic carbocycles. The predicted octanol–water partition coefficient (Wildman–Crippen LogP) is 6.58. The second-order valence-corrected chi connectivity index (χ2v) is 12.1. The summed E-state index contributed by atoms with van der Waals surface area (Å²) in [6.07, 6.45) is -4.25. The van der Waals surface area contributed by atoms with Gasteiger partial charge in [0, 0.05) is 40.8 Å². The number of carbonyl (C=O) groups is 1. The number of hydrogen-bond acceptors (Lipinski definition) is 5. The van der Waals surface area contributed by atoms with Crippen molar-refractivity contribution in [3.05, 3.63) is 81.3 Å². The molecule has 1 atom stereocenters. The third-order valence-electron chi connectivity index (χ3n) is 6.33. The third-order valence-corrected chi connectivity index (χ3v) is 7.91. The van der Waals surface area contributed by atoms with Gasteiger partial charge < -0.3 is 15.0 Å². The highest BCUT2D eigenvalue weighted by molar-refractivity contribution is 7.90. The Morgan fingerprint density at radius 2 is 1.67 bits per heavy atom. The Bertz CT molecular complexity index is 1510. The first-order chi connectivity index (χ1) is 18.2. The van der Waals surface area contributed by atoms with Crippen molar-refractivity contribution in [2.75, 3.05) is 29.6 Å². The molecule has 2 heterocycles. The van der Waals surface area contributed by atoms with Crippen LogP contribution in [0, 0.1) is 0 Å². The van der Waals surface area contributed by atoms with E-state index < -0.39 is 28.0 Å². The van der Waals surface area contributed by atoms with Gasteiger partial charge in [-0.15, -0.1) is 0 Å². The Balaban J connectivity index is 0.000000292. The Hall–Kier alpha value is -2.95. The molecule has 2 aliphatic heterocycles. The normalized spacial score (nSPS) is 15.0. The molecule has 0 radical (unpaired) electrons. The average molecular weight is 601 g/mol. The smallest absolute Gasteiger partial charge is 0.425 e. The summed E-state index contributed by atoms with van der Waals surface area (Å²) in [7, 11) is -3.69. The zero-order valence-electron chi connectivity index (χ0n) is 21.0. The zero-order valence-corrected chi connectivity index (χ0v) is 23.3. The molecule has 39 heavy (non-hydrogen) atoms. The van der Waals surface area contributed by atoms with Gasteiger partial charge in [0.2, 0.25) is 0 Å². The molecule has 0 spiro atoms. The van der Waals surface area contributed by atoms with Crippen molar-refractivity contribution in [1.82, 2.24) is 0 Å². The highest BCUT2D eigenvalue weighted by atomic mass is 35.5. The number of nitrogens with zero attached hydrogens (tertiary/aromatic N) is 1. The quantitative estimate of drug-likeness (QED) is 0.366. The number of benzene rings is 3. The van der Waals surface area contributed by atoms with E-state index in [4.69, 9.17) is 27.9 Å². The van der Waals surface area contributed by atoms with Crippen molar-refractivity contribution >= 4 is 50.3 Å². The van der Waals surface area contributed by atoms with Crippen molar-refractivity contribution in [2.24, 2.45) is 0 Å². The lowest BCUT2D eigenvalue weighted by Gasteiger charge is -2.23. The summed E-state index contributed by atoms with van der Waals surface area (Å²) in [5, 5.41) is 4.60. The molecule has 2 aliphatic rings. The molecule has 0 fully saturated rings. The maximum absolute atomic E-state index is 13.2. The first-order valence-electron chi connectivity index (χ1n) is 11.9. The lowest BCUT2D eigenvalue weighted by Crippen LogP contribution is -2.33. The lowest BCUT2D eigenvalue weighted by molar-refractivity contribution is -0.189. The van der Waals surface area contributed by atoms with E-state index in [0.717, 1.165) is 54.9 Å². The van der Waals surface area contributed by atoms with E-state index in [9.17, 15) is 26.4 Å². The maximum Gasteiger partial charge on any atom is 0.425 e. The molecule has 1 N–H and O–H groups in total. The molecule has 0 aromatic heterocycles. The van der Waals surface area contributed by atoms with Crippen molar-refractivity contribution in [1.29, 1.82) is 0 Å². The number of nitrogens with one attached hydrogen (secondary N) is 1. The van der Waals surface area contributed by atoms with Crippen molar-refractivity contribution < 1.29 is 31.1 Å². The van der Waals surface area contributed by atoms with Gasteiger partial charge in [-0.2, -0.15) is 13.2 Å². The summed E-state index contributed by atoms with van der Waals surface area (Å²) in [5.74, 6) is -0.990. The van der Waals surface area contributed by atoms with Crippen LogP contribution in [0.3, 0.4) is 0 Å². The molecule has 0 bridgehead atoms. The molecule has 0 saturated heterocycles. The van der Waals surface area contributed by atoms with Crippen LogP contribution in [0.1, 0.15) is 28.4 Å². The number of carbonyl (C=O) groups excluding carboxylic acids is 1. The first-order valence-corrected chi connectivity index (χ1v) is 14.6. The number of alkyl halides is 3. The van der Waals surface area contributed by atoms with Crippen LogP contribution in [-0.2, 0) is 22.7 Å². The highest BCUT2D eigenvalue weighted by Crippen LogP contribution is 2.35. The molecule has 12 heteroatoms. The van der Waals surface area contributed by atoms with Crippen LogP contribution in [0.25, 0.3) is 0 Å². The summed E-state index contributed by atoms with van der Waals surface area (Å²) in [6.45, 7) is 2.15. The van der Waals surface area contributed by atoms with E-state index in [1.54, 1.807) is 18.2 Å². The van der Waals surface area contributed by atoms with E-state index in [-0.39, 0.29) is 22.8 Å². The molecule has 208 valence electrons.